The molecule has 26 heavy (non-hydrogen) atoms. The number of aliphatic hydroxyl groups is 2. The van der Waals surface area contributed by atoms with Crippen LogP contribution in [0.3, 0.4) is 0 Å². The van der Waals surface area contributed by atoms with Gasteiger partial charge in [-0.1, -0.05) is 6.07 Å². The van der Waals surface area contributed by atoms with Gasteiger partial charge in [-0.3, -0.25) is 10.1 Å². The van der Waals surface area contributed by atoms with Crippen LogP contribution in [0.1, 0.15) is 22.8 Å². The fourth-order valence-corrected chi connectivity index (χ4v) is 2.67. The first-order chi connectivity index (χ1) is 12.3. The molecule has 0 aliphatic heterocycles. The number of nitro groups is 1. The Hall–Kier alpha value is -2.55. The largest absolute Gasteiger partial charge is 0.394 e. The van der Waals surface area contributed by atoms with Crippen LogP contribution < -0.4 is 10.6 Å². The summed E-state index contributed by atoms with van der Waals surface area (Å²) in [6, 6.07) is 10.6. The van der Waals surface area contributed by atoms with Gasteiger partial charge in [0.25, 0.3) is 5.69 Å². The first-order valence-corrected chi connectivity index (χ1v) is 8.40. The summed E-state index contributed by atoms with van der Waals surface area (Å²) in [7, 11) is 0. The fraction of sp³-hybridized carbons (Fsp3) is 0.278. The molecule has 0 fully saturated rings. The van der Waals surface area contributed by atoms with Gasteiger partial charge in [0, 0.05) is 17.8 Å². The predicted molar refractivity (Wildman–Crippen MR) is 104 cm³/mol. The first-order valence-electron chi connectivity index (χ1n) is 8.00. The van der Waals surface area contributed by atoms with E-state index in [1.54, 1.807) is 0 Å². The molecule has 138 valence electrons. The zero-order valence-electron chi connectivity index (χ0n) is 14.5. The lowest BCUT2D eigenvalue weighted by Crippen LogP contribution is -2.43. The quantitative estimate of drug-likeness (QED) is 0.349. The van der Waals surface area contributed by atoms with Crippen LogP contribution in [0.25, 0.3) is 0 Å². The van der Waals surface area contributed by atoms with Crippen LogP contribution in [-0.2, 0) is 0 Å². The number of aryl methyl sites for hydroxylation is 2. The number of rotatable bonds is 6. The van der Waals surface area contributed by atoms with Gasteiger partial charge in [-0.15, -0.1) is 0 Å². The minimum Gasteiger partial charge on any atom is -0.394 e. The van der Waals surface area contributed by atoms with E-state index in [1.165, 1.54) is 24.3 Å². The van der Waals surface area contributed by atoms with Crippen LogP contribution in [0.5, 0.6) is 0 Å². The molecule has 2 unspecified atom stereocenters. The Labute approximate surface area is 156 Å². The summed E-state index contributed by atoms with van der Waals surface area (Å²) >= 11 is 5.25. The van der Waals surface area contributed by atoms with Crippen LogP contribution >= 0.6 is 12.2 Å². The lowest BCUT2D eigenvalue weighted by molar-refractivity contribution is -0.384. The van der Waals surface area contributed by atoms with Crippen molar-refractivity contribution in [3.05, 3.63) is 69.3 Å². The Morgan fingerprint density at radius 2 is 1.85 bits per heavy atom. The first kappa shape index (κ1) is 19.8. The molecule has 7 nitrogen and oxygen atoms in total. The van der Waals surface area contributed by atoms with E-state index < -0.39 is 17.1 Å². The minimum atomic E-state index is -1.08. The van der Waals surface area contributed by atoms with Gasteiger partial charge < -0.3 is 20.8 Å². The molecule has 8 heteroatoms. The molecule has 0 heterocycles. The maximum Gasteiger partial charge on any atom is 0.269 e. The summed E-state index contributed by atoms with van der Waals surface area (Å²) in [6.07, 6.45) is -1.08. The second-order valence-electron chi connectivity index (χ2n) is 5.98. The van der Waals surface area contributed by atoms with Crippen molar-refractivity contribution in [2.24, 2.45) is 0 Å². The molecule has 0 bridgehead atoms. The van der Waals surface area contributed by atoms with Crippen LogP contribution in [0, 0.1) is 24.0 Å². The van der Waals surface area contributed by atoms with Crippen LogP contribution in [0.15, 0.2) is 42.5 Å². The number of thiocarbonyl (C=S) groups is 1. The third-order valence-corrected chi connectivity index (χ3v) is 4.32. The van der Waals surface area contributed by atoms with Crippen LogP contribution in [-0.4, -0.2) is 32.9 Å². The Balaban J connectivity index is 2.03. The van der Waals surface area contributed by atoms with E-state index in [-0.39, 0.29) is 17.4 Å². The fourth-order valence-electron chi connectivity index (χ4n) is 2.40. The van der Waals surface area contributed by atoms with Gasteiger partial charge in [0.1, 0.15) is 6.10 Å². The van der Waals surface area contributed by atoms with Crippen molar-refractivity contribution in [1.82, 2.24) is 5.32 Å². The third kappa shape index (κ3) is 4.98. The number of benzene rings is 2. The van der Waals surface area contributed by atoms with E-state index in [4.69, 9.17) is 12.2 Å². The normalized spacial score (nSPS) is 12.9. The monoisotopic (exact) mass is 375 g/mol. The average molecular weight is 375 g/mol. The minimum absolute atomic E-state index is 0.0682. The lowest BCUT2D eigenvalue weighted by Gasteiger charge is -2.24. The van der Waals surface area contributed by atoms with Gasteiger partial charge >= 0.3 is 0 Å². The molecule has 0 spiro atoms. The number of aliphatic hydroxyl groups excluding tert-OH is 2. The number of nitrogens with zero attached hydrogens (tertiary/aromatic N) is 1. The summed E-state index contributed by atoms with van der Waals surface area (Å²) in [5.74, 6) is 0. The molecule has 4 N–H and O–H groups in total. The number of hydrogen-bond donors (Lipinski definition) is 4. The molecule has 0 aliphatic carbocycles. The molecule has 2 aromatic rings. The van der Waals surface area contributed by atoms with Crippen molar-refractivity contribution >= 4 is 28.7 Å². The number of nitro benzene ring substituents is 1. The second kappa shape index (κ2) is 8.70. The second-order valence-corrected chi connectivity index (χ2v) is 6.39. The van der Waals surface area contributed by atoms with Gasteiger partial charge in [-0.2, -0.15) is 0 Å². The van der Waals surface area contributed by atoms with Crippen molar-refractivity contribution in [3.63, 3.8) is 0 Å². The summed E-state index contributed by atoms with van der Waals surface area (Å²) in [5.41, 5.74) is 3.45. The molecular weight excluding hydrogens is 354 g/mol. The van der Waals surface area contributed by atoms with Gasteiger partial charge in [0.2, 0.25) is 0 Å². The number of anilines is 1. The topological polar surface area (TPSA) is 108 Å². The van der Waals surface area contributed by atoms with Crippen molar-refractivity contribution in [2.75, 3.05) is 11.9 Å². The average Bonchev–Trinajstić information content (AvgIpc) is 2.62. The zero-order valence-corrected chi connectivity index (χ0v) is 15.3. The van der Waals surface area contributed by atoms with E-state index in [2.05, 4.69) is 10.6 Å². The Kier molecular flexibility index (Phi) is 6.62. The van der Waals surface area contributed by atoms with Crippen LogP contribution in [0.2, 0.25) is 0 Å². The van der Waals surface area contributed by atoms with Crippen molar-refractivity contribution in [3.8, 4) is 0 Å². The molecule has 0 aromatic heterocycles. The summed E-state index contributed by atoms with van der Waals surface area (Å²) in [6.45, 7) is 3.64. The van der Waals surface area contributed by atoms with E-state index in [1.807, 2.05) is 32.0 Å². The molecule has 0 aliphatic rings. The molecule has 0 saturated heterocycles. The summed E-state index contributed by atoms with van der Waals surface area (Å²) < 4.78 is 0. The van der Waals surface area contributed by atoms with Crippen molar-refractivity contribution < 1.29 is 15.1 Å². The number of hydrogen-bond acceptors (Lipinski definition) is 5. The van der Waals surface area contributed by atoms with Crippen molar-refractivity contribution in [1.29, 1.82) is 0 Å². The van der Waals surface area contributed by atoms with Crippen LogP contribution in [0.4, 0.5) is 11.4 Å². The maximum atomic E-state index is 10.7. The number of nitrogens with one attached hydrogen (secondary N) is 2. The highest BCUT2D eigenvalue weighted by molar-refractivity contribution is 7.80. The predicted octanol–water partition coefficient (Wildman–Crippen LogP) is 2.59. The Morgan fingerprint density at radius 1 is 1.19 bits per heavy atom. The molecule has 0 amide bonds. The Bertz CT molecular complexity index is 796. The summed E-state index contributed by atoms with van der Waals surface area (Å²) in [4.78, 5) is 10.2. The van der Waals surface area contributed by atoms with E-state index in [0.29, 0.717) is 5.56 Å². The highest BCUT2D eigenvalue weighted by Crippen LogP contribution is 2.21. The molecular formula is C18H21N3O4S. The van der Waals surface area contributed by atoms with E-state index in [0.717, 1.165) is 16.8 Å². The Morgan fingerprint density at radius 3 is 2.38 bits per heavy atom. The van der Waals surface area contributed by atoms with Gasteiger partial charge in [0.15, 0.2) is 5.11 Å². The standard InChI is InChI=1S/C18H21N3O4S/c1-11-3-6-14(9-12(11)2)19-18(26)20-16(10-22)17(23)13-4-7-15(8-5-13)21(24)25/h3-9,16-17,22-23H,10H2,1-2H3,(H2,19,20,26). The van der Waals surface area contributed by atoms with E-state index >= 15 is 0 Å². The smallest absolute Gasteiger partial charge is 0.269 e. The maximum absolute atomic E-state index is 10.7. The molecule has 0 radical (unpaired) electrons. The SMILES string of the molecule is Cc1ccc(NC(=S)NC(CO)C(O)c2ccc([N+](=O)[O-])cc2)cc1C. The van der Waals surface area contributed by atoms with Crippen molar-refractivity contribution in [2.45, 2.75) is 26.0 Å². The molecule has 2 atom stereocenters. The third-order valence-electron chi connectivity index (χ3n) is 4.10. The highest BCUT2D eigenvalue weighted by atomic mass is 32.1. The van der Waals surface area contributed by atoms with E-state index in [9.17, 15) is 20.3 Å². The van der Waals surface area contributed by atoms with Gasteiger partial charge in [-0.05, 0) is 67.0 Å². The molecule has 2 rings (SSSR count). The summed E-state index contributed by atoms with van der Waals surface area (Å²) in [5, 5.41) is 36.8. The lowest BCUT2D eigenvalue weighted by atomic mass is 10.0. The molecule has 0 saturated carbocycles. The van der Waals surface area contributed by atoms with Gasteiger partial charge in [-0.25, -0.2) is 0 Å². The number of non-ortho nitro benzene ring substituents is 1. The molecule has 2 aromatic carbocycles. The van der Waals surface area contributed by atoms with Gasteiger partial charge in [0.05, 0.1) is 17.6 Å². The zero-order chi connectivity index (χ0) is 19.3. The highest BCUT2D eigenvalue weighted by Gasteiger charge is 2.22.